The quantitative estimate of drug-likeness (QED) is 0.270. The molecule has 0 spiro atoms. The molecule has 1 aromatic carbocycles. The average molecular weight is 253 g/mol. The molecule has 0 aromatic heterocycles. The summed E-state index contributed by atoms with van der Waals surface area (Å²) in [5.74, 6) is 0.274. The van der Waals surface area contributed by atoms with Gasteiger partial charge in [-0.3, -0.25) is 0 Å². The van der Waals surface area contributed by atoms with Crippen molar-refractivity contribution in [2.45, 2.75) is 6.61 Å². The smallest absolute Gasteiger partial charge is 0.423 e. The molecule has 19 heavy (non-hydrogen) atoms. The third-order valence-electron chi connectivity index (χ3n) is 2.65. The average Bonchev–Trinajstić information content (AvgIpc) is 2.77. The van der Waals surface area contributed by atoms with Crippen LogP contribution in [-0.2, 0) is 11.3 Å². The zero-order valence-corrected chi connectivity index (χ0v) is 10.2. The summed E-state index contributed by atoms with van der Waals surface area (Å²) >= 11 is 0. The lowest BCUT2D eigenvalue weighted by atomic mass is 9.79. The molecule has 1 aliphatic heterocycles. The van der Waals surface area contributed by atoms with Crippen LogP contribution in [-0.4, -0.2) is 18.0 Å². The van der Waals surface area contributed by atoms with E-state index >= 15 is 0 Å². The van der Waals surface area contributed by atoms with Gasteiger partial charge in [0, 0.05) is 5.57 Å². The molecule has 0 saturated heterocycles. The van der Waals surface area contributed by atoms with E-state index in [9.17, 15) is 5.02 Å². The maximum Gasteiger partial charge on any atom is 0.491 e. The van der Waals surface area contributed by atoms with Crippen molar-refractivity contribution in [2.24, 2.45) is 10.7 Å². The molecule has 94 valence electrons. The van der Waals surface area contributed by atoms with Gasteiger partial charge >= 0.3 is 7.12 Å². The summed E-state index contributed by atoms with van der Waals surface area (Å²) < 4.78 is 5.09. The summed E-state index contributed by atoms with van der Waals surface area (Å²) in [6.07, 6.45) is 3.02. The van der Waals surface area contributed by atoms with Crippen LogP contribution >= 0.6 is 0 Å². The highest BCUT2D eigenvalue weighted by molar-refractivity contribution is 6.61. The Morgan fingerprint density at radius 3 is 3.11 bits per heavy atom. The van der Waals surface area contributed by atoms with Crippen LogP contribution in [0, 0.1) is 11.3 Å². The lowest BCUT2D eigenvalue weighted by Crippen LogP contribution is -2.27. The first kappa shape index (κ1) is 13.1. The molecule has 1 heterocycles. The number of hydrogen-bond donors (Lipinski definition) is 2. The van der Waals surface area contributed by atoms with Crippen LogP contribution in [0.15, 0.2) is 47.5 Å². The number of nitrogens with zero attached hydrogens (tertiary/aromatic N) is 2. The minimum Gasteiger partial charge on any atom is -0.423 e. The monoisotopic (exact) mass is 253 g/mol. The lowest BCUT2D eigenvalue weighted by Gasteiger charge is -2.00. The number of nitrogens with two attached hydrogens (primary N) is 1. The van der Waals surface area contributed by atoms with E-state index in [-0.39, 0.29) is 5.84 Å². The number of fused-ring (bicyclic) bond motifs is 1. The Bertz CT molecular complexity index is 617. The molecule has 1 aromatic rings. The third kappa shape index (κ3) is 3.10. The van der Waals surface area contributed by atoms with Crippen molar-refractivity contribution >= 4 is 24.1 Å². The number of hydrogen-bond acceptors (Lipinski definition) is 4. The van der Waals surface area contributed by atoms with E-state index in [0.717, 1.165) is 11.0 Å². The minimum absolute atomic E-state index is 0.274. The van der Waals surface area contributed by atoms with Crippen molar-refractivity contribution in [1.29, 1.82) is 5.26 Å². The molecule has 0 radical (unpaired) electrons. The van der Waals surface area contributed by atoms with E-state index in [1.807, 2.05) is 12.1 Å². The normalized spacial score (nSPS) is 14.5. The number of amidine groups is 1. The highest BCUT2D eigenvalue weighted by Gasteiger charge is 2.26. The third-order valence-corrected chi connectivity index (χ3v) is 2.65. The Morgan fingerprint density at radius 1 is 1.58 bits per heavy atom. The Morgan fingerprint density at radius 2 is 2.37 bits per heavy atom. The molecule has 0 fully saturated rings. The van der Waals surface area contributed by atoms with E-state index < -0.39 is 7.12 Å². The van der Waals surface area contributed by atoms with E-state index in [1.54, 1.807) is 12.1 Å². The zero-order chi connectivity index (χ0) is 13.8. The van der Waals surface area contributed by atoms with E-state index in [0.29, 0.717) is 17.9 Å². The van der Waals surface area contributed by atoms with Gasteiger partial charge in [0.15, 0.2) is 0 Å². The first-order valence-corrected chi connectivity index (χ1v) is 5.64. The topological polar surface area (TPSA) is 91.6 Å². The van der Waals surface area contributed by atoms with Crippen molar-refractivity contribution in [3.05, 3.63) is 48.1 Å². The molecule has 3 N–H and O–H groups in total. The van der Waals surface area contributed by atoms with Crippen LogP contribution in [0.3, 0.4) is 0 Å². The van der Waals surface area contributed by atoms with Gasteiger partial charge in [0.1, 0.15) is 5.84 Å². The standard InChI is InChI=1S/C13H12BN3O2/c1-9(7-15)2-5-13(16)17-11-3-4-12-10(6-11)8-19-14(12)18/h2-6,18H,1,8H2,(H2,16,17). The highest BCUT2D eigenvalue weighted by atomic mass is 16.5. The van der Waals surface area contributed by atoms with Gasteiger partial charge in [-0.25, -0.2) is 4.99 Å². The largest absolute Gasteiger partial charge is 0.491 e. The first-order chi connectivity index (χ1) is 9.10. The van der Waals surface area contributed by atoms with Gasteiger partial charge in [-0.05, 0) is 35.3 Å². The summed E-state index contributed by atoms with van der Waals surface area (Å²) in [5.41, 5.74) is 8.34. The number of allylic oxidation sites excluding steroid dienone is 2. The van der Waals surface area contributed by atoms with E-state index in [2.05, 4.69) is 11.6 Å². The van der Waals surface area contributed by atoms with Crippen LogP contribution in [0.4, 0.5) is 5.69 Å². The van der Waals surface area contributed by atoms with Crippen molar-refractivity contribution in [2.75, 3.05) is 0 Å². The van der Waals surface area contributed by atoms with Crippen molar-refractivity contribution in [3.8, 4) is 6.07 Å². The van der Waals surface area contributed by atoms with E-state index in [4.69, 9.17) is 15.6 Å². The lowest BCUT2D eigenvalue weighted by molar-refractivity contribution is 0.275. The fourth-order valence-electron chi connectivity index (χ4n) is 1.70. The minimum atomic E-state index is -0.857. The molecule has 2 rings (SSSR count). The Hall–Kier alpha value is -2.36. The van der Waals surface area contributed by atoms with Crippen molar-refractivity contribution < 1.29 is 9.68 Å². The van der Waals surface area contributed by atoms with Gasteiger partial charge in [0.25, 0.3) is 0 Å². The summed E-state index contributed by atoms with van der Waals surface area (Å²) in [6, 6.07) is 7.21. The fourth-order valence-corrected chi connectivity index (χ4v) is 1.70. The Balaban J connectivity index is 2.18. The second kappa shape index (κ2) is 5.52. The van der Waals surface area contributed by atoms with Crippen LogP contribution in [0.2, 0.25) is 0 Å². The molecule has 5 nitrogen and oxygen atoms in total. The molecule has 0 bridgehead atoms. The van der Waals surface area contributed by atoms with Crippen LogP contribution in [0.5, 0.6) is 0 Å². The first-order valence-electron chi connectivity index (χ1n) is 5.64. The SMILES string of the molecule is C=C(C#N)C=CC(N)=Nc1ccc2c(c1)COB2O. The predicted octanol–water partition coefficient (Wildman–Crippen LogP) is 0.529. The zero-order valence-electron chi connectivity index (χ0n) is 10.2. The Labute approximate surface area is 111 Å². The molecule has 1 aliphatic rings. The maximum absolute atomic E-state index is 9.49. The number of rotatable bonds is 3. The maximum atomic E-state index is 9.49. The van der Waals surface area contributed by atoms with E-state index in [1.165, 1.54) is 12.2 Å². The predicted molar refractivity (Wildman–Crippen MR) is 74.0 cm³/mol. The number of benzene rings is 1. The second-order valence-electron chi connectivity index (χ2n) is 4.05. The molecule has 0 amide bonds. The van der Waals surface area contributed by atoms with Crippen LogP contribution in [0.25, 0.3) is 0 Å². The highest BCUT2D eigenvalue weighted by Crippen LogP contribution is 2.17. The van der Waals surface area contributed by atoms with Crippen molar-refractivity contribution in [1.82, 2.24) is 0 Å². The summed E-state index contributed by atoms with van der Waals surface area (Å²) in [5, 5.41) is 18.0. The molecule has 6 heteroatoms. The summed E-state index contributed by atoms with van der Waals surface area (Å²) in [6.45, 7) is 3.87. The fraction of sp³-hybridized carbons (Fsp3) is 0.0769. The number of aliphatic imine (C=N–C) groups is 1. The van der Waals surface area contributed by atoms with Gasteiger partial charge in [-0.1, -0.05) is 12.6 Å². The van der Waals surface area contributed by atoms with Gasteiger partial charge in [-0.2, -0.15) is 5.26 Å². The van der Waals surface area contributed by atoms with Gasteiger partial charge in [0.05, 0.1) is 18.4 Å². The summed E-state index contributed by atoms with van der Waals surface area (Å²) in [7, 11) is -0.857. The van der Waals surface area contributed by atoms with Crippen LogP contribution in [0.1, 0.15) is 5.56 Å². The van der Waals surface area contributed by atoms with Gasteiger partial charge in [-0.15, -0.1) is 0 Å². The van der Waals surface area contributed by atoms with Crippen LogP contribution < -0.4 is 11.2 Å². The van der Waals surface area contributed by atoms with Gasteiger partial charge in [0.2, 0.25) is 0 Å². The summed E-state index contributed by atoms with van der Waals surface area (Å²) in [4.78, 5) is 4.19. The molecule has 0 atom stereocenters. The second-order valence-corrected chi connectivity index (χ2v) is 4.05. The number of nitriles is 1. The molecular formula is C13H12BN3O2. The Kier molecular flexibility index (Phi) is 3.80. The van der Waals surface area contributed by atoms with Crippen molar-refractivity contribution in [3.63, 3.8) is 0 Å². The molecule has 0 aliphatic carbocycles. The van der Waals surface area contributed by atoms with Gasteiger partial charge < -0.3 is 15.4 Å². The molecular weight excluding hydrogens is 241 g/mol. The molecule has 0 saturated carbocycles. The molecule has 0 unspecified atom stereocenters.